The summed E-state index contributed by atoms with van der Waals surface area (Å²) in [6, 6.07) is 0.846. The van der Waals surface area contributed by atoms with Crippen molar-refractivity contribution in [2.24, 2.45) is 5.92 Å². The van der Waals surface area contributed by atoms with E-state index in [1.807, 2.05) is 0 Å². The molecule has 1 fully saturated rings. The zero-order chi connectivity index (χ0) is 14.5. The van der Waals surface area contributed by atoms with Gasteiger partial charge in [0.05, 0.1) is 17.4 Å². The zero-order valence-corrected chi connectivity index (χ0v) is 13.3. The predicted octanol–water partition coefficient (Wildman–Crippen LogP) is 2.56. The highest BCUT2D eigenvalue weighted by atomic mass is 15.2. The molecule has 20 heavy (non-hydrogen) atoms. The van der Waals surface area contributed by atoms with Gasteiger partial charge in [-0.25, -0.2) is 0 Å². The van der Waals surface area contributed by atoms with Crippen LogP contribution in [0.25, 0.3) is 0 Å². The molecule has 0 saturated carbocycles. The van der Waals surface area contributed by atoms with E-state index in [4.69, 9.17) is 0 Å². The van der Waals surface area contributed by atoms with Crippen molar-refractivity contribution in [1.82, 2.24) is 20.2 Å². The third-order valence-corrected chi connectivity index (χ3v) is 4.34. The Bertz CT molecular complexity index is 413. The Labute approximate surface area is 123 Å². The predicted molar refractivity (Wildman–Crippen MR) is 82.6 cm³/mol. The second kappa shape index (κ2) is 7.14. The van der Waals surface area contributed by atoms with Gasteiger partial charge < -0.3 is 5.32 Å². The summed E-state index contributed by atoms with van der Waals surface area (Å²) >= 11 is 0. The van der Waals surface area contributed by atoms with E-state index in [1.54, 1.807) is 12.4 Å². The summed E-state index contributed by atoms with van der Waals surface area (Å²) < 4.78 is 0. The maximum absolute atomic E-state index is 4.55. The molecule has 1 N–H and O–H groups in total. The summed E-state index contributed by atoms with van der Waals surface area (Å²) in [6.07, 6.45) is 6.22. The lowest BCUT2D eigenvalue weighted by atomic mass is 9.97. The van der Waals surface area contributed by atoms with Crippen LogP contribution in [-0.4, -0.2) is 40.5 Å². The molecular weight excluding hydrogens is 248 g/mol. The summed E-state index contributed by atoms with van der Waals surface area (Å²) in [4.78, 5) is 11.5. The molecule has 0 spiro atoms. The average molecular weight is 276 g/mol. The fourth-order valence-corrected chi connectivity index (χ4v) is 3.18. The van der Waals surface area contributed by atoms with Gasteiger partial charge in [-0.3, -0.25) is 14.9 Å². The molecule has 0 bridgehead atoms. The Balaban J connectivity index is 2.09. The second-order valence-corrected chi connectivity index (χ2v) is 6.21. The van der Waals surface area contributed by atoms with E-state index in [9.17, 15) is 0 Å². The standard InChI is InChI=1S/C16H28N4/c1-12(2)20(11-15-6-5-7-17-10-15)14(4)16-13(3)18-8-9-19-16/h8-9,12,14-15,17H,5-7,10-11H2,1-4H3. The van der Waals surface area contributed by atoms with Gasteiger partial charge in [0.25, 0.3) is 0 Å². The fourth-order valence-electron chi connectivity index (χ4n) is 3.18. The molecule has 4 heteroatoms. The molecule has 2 atom stereocenters. The van der Waals surface area contributed by atoms with Crippen molar-refractivity contribution in [2.75, 3.05) is 19.6 Å². The van der Waals surface area contributed by atoms with E-state index < -0.39 is 0 Å². The minimum Gasteiger partial charge on any atom is -0.316 e. The Morgan fingerprint density at radius 3 is 2.65 bits per heavy atom. The number of hydrogen-bond acceptors (Lipinski definition) is 4. The van der Waals surface area contributed by atoms with E-state index in [-0.39, 0.29) is 0 Å². The maximum atomic E-state index is 4.55. The van der Waals surface area contributed by atoms with Crippen molar-refractivity contribution in [1.29, 1.82) is 0 Å². The van der Waals surface area contributed by atoms with Crippen molar-refractivity contribution < 1.29 is 0 Å². The normalized spacial score (nSPS) is 21.4. The van der Waals surface area contributed by atoms with Crippen LogP contribution in [0.15, 0.2) is 12.4 Å². The fraction of sp³-hybridized carbons (Fsp3) is 0.750. The van der Waals surface area contributed by atoms with Crippen LogP contribution in [0.1, 0.15) is 51.0 Å². The van der Waals surface area contributed by atoms with Crippen LogP contribution < -0.4 is 5.32 Å². The summed E-state index contributed by atoms with van der Waals surface area (Å²) in [5.41, 5.74) is 2.16. The van der Waals surface area contributed by atoms with Crippen molar-refractivity contribution in [3.63, 3.8) is 0 Å². The van der Waals surface area contributed by atoms with Crippen LogP contribution in [-0.2, 0) is 0 Å². The van der Waals surface area contributed by atoms with Crippen molar-refractivity contribution in [3.05, 3.63) is 23.8 Å². The number of aromatic nitrogens is 2. The highest BCUT2D eigenvalue weighted by molar-refractivity contribution is 5.13. The lowest BCUT2D eigenvalue weighted by Crippen LogP contribution is -2.42. The molecule has 0 amide bonds. The molecule has 4 nitrogen and oxygen atoms in total. The van der Waals surface area contributed by atoms with Crippen LogP contribution in [0.4, 0.5) is 0 Å². The van der Waals surface area contributed by atoms with E-state index in [0.29, 0.717) is 12.1 Å². The average Bonchev–Trinajstić information content (AvgIpc) is 2.45. The first-order valence-corrected chi connectivity index (χ1v) is 7.83. The summed E-state index contributed by atoms with van der Waals surface area (Å²) in [7, 11) is 0. The van der Waals surface area contributed by atoms with Crippen LogP contribution in [0, 0.1) is 12.8 Å². The smallest absolute Gasteiger partial charge is 0.0784 e. The van der Waals surface area contributed by atoms with Crippen molar-refractivity contribution in [2.45, 2.75) is 52.6 Å². The number of piperidine rings is 1. The van der Waals surface area contributed by atoms with Crippen LogP contribution in [0.3, 0.4) is 0 Å². The SMILES string of the molecule is Cc1nccnc1C(C)N(CC1CCCNC1)C(C)C. The van der Waals surface area contributed by atoms with Gasteiger partial charge in [0.1, 0.15) is 0 Å². The first kappa shape index (κ1) is 15.4. The van der Waals surface area contributed by atoms with Gasteiger partial charge in [0.15, 0.2) is 0 Å². The summed E-state index contributed by atoms with van der Waals surface area (Å²) in [5, 5.41) is 3.51. The van der Waals surface area contributed by atoms with Gasteiger partial charge in [-0.2, -0.15) is 0 Å². The van der Waals surface area contributed by atoms with Crippen LogP contribution in [0.2, 0.25) is 0 Å². The topological polar surface area (TPSA) is 41.1 Å². The molecular formula is C16H28N4. The third kappa shape index (κ3) is 3.76. The quantitative estimate of drug-likeness (QED) is 0.897. The van der Waals surface area contributed by atoms with Gasteiger partial charge in [0, 0.05) is 25.0 Å². The first-order valence-electron chi connectivity index (χ1n) is 7.83. The maximum Gasteiger partial charge on any atom is 0.0784 e. The number of nitrogens with one attached hydrogen (secondary N) is 1. The minimum absolute atomic E-state index is 0.325. The van der Waals surface area contributed by atoms with E-state index >= 15 is 0 Å². The second-order valence-electron chi connectivity index (χ2n) is 6.21. The molecule has 2 heterocycles. The van der Waals surface area contributed by atoms with Crippen LogP contribution in [0.5, 0.6) is 0 Å². The number of aryl methyl sites for hydroxylation is 1. The number of rotatable bonds is 5. The Morgan fingerprint density at radius 2 is 2.05 bits per heavy atom. The number of hydrogen-bond donors (Lipinski definition) is 1. The molecule has 1 aromatic rings. The Hall–Kier alpha value is -1.00. The molecule has 0 aliphatic carbocycles. The molecule has 1 saturated heterocycles. The van der Waals surface area contributed by atoms with Crippen molar-refractivity contribution in [3.8, 4) is 0 Å². The van der Waals surface area contributed by atoms with Gasteiger partial charge in [0.2, 0.25) is 0 Å². The number of nitrogens with zero attached hydrogens (tertiary/aromatic N) is 3. The molecule has 2 rings (SSSR count). The first-order chi connectivity index (χ1) is 9.59. The molecule has 1 aromatic heterocycles. The largest absolute Gasteiger partial charge is 0.316 e. The van der Waals surface area contributed by atoms with Crippen LogP contribution >= 0.6 is 0 Å². The molecule has 0 aromatic carbocycles. The molecule has 0 radical (unpaired) electrons. The minimum atomic E-state index is 0.325. The summed E-state index contributed by atoms with van der Waals surface area (Å²) in [6.45, 7) is 12.3. The van der Waals surface area contributed by atoms with Gasteiger partial charge in [-0.1, -0.05) is 0 Å². The lowest BCUT2D eigenvalue weighted by molar-refractivity contribution is 0.124. The van der Waals surface area contributed by atoms with E-state index in [1.165, 1.54) is 19.4 Å². The Kier molecular flexibility index (Phi) is 5.49. The van der Waals surface area contributed by atoms with E-state index in [2.05, 4.69) is 47.9 Å². The highest BCUT2D eigenvalue weighted by Crippen LogP contribution is 2.25. The Morgan fingerprint density at radius 1 is 1.30 bits per heavy atom. The molecule has 112 valence electrons. The molecule has 1 aliphatic heterocycles. The third-order valence-electron chi connectivity index (χ3n) is 4.34. The molecule has 1 aliphatic rings. The van der Waals surface area contributed by atoms with Gasteiger partial charge >= 0.3 is 0 Å². The monoisotopic (exact) mass is 276 g/mol. The lowest BCUT2D eigenvalue weighted by Gasteiger charge is -2.37. The summed E-state index contributed by atoms with van der Waals surface area (Å²) in [5.74, 6) is 0.755. The van der Waals surface area contributed by atoms with E-state index in [0.717, 1.165) is 30.4 Å². The highest BCUT2D eigenvalue weighted by Gasteiger charge is 2.25. The zero-order valence-electron chi connectivity index (χ0n) is 13.3. The van der Waals surface area contributed by atoms with Gasteiger partial charge in [-0.05, 0) is 59.5 Å². The van der Waals surface area contributed by atoms with Crippen molar-refractivity contribution >= 4 is 0 Å². The molecule has 2 unspecified atom stereocenters. The van der Waals surface area contributed by atoms with Gasteiger partial charge in [-0.15, -0.1) is 0 Å².